The zero-order valence-corrected chi connectivity index (χ0v) is 14.0. The molecule has 106 valence electrons. The van der Waals surface area contributed by atoms with Gasteiger partial charge in [0, 0.05) is 31.7 Å². The minimum Gasteiger partial charge on any atom is -0.489 e. The number of halogens is 3. The van der Waals surface area contributed by atoms with Crippen molar-refractivity contribution in [1.29, 1.82) is 0 Å². The van der Waals surface area contributed by atoms with E-state index in [4.69, 9.17) is 33.7 Å². The standard InChI is InChI=1S/C15H14BrCl2NO/c1-9(19)13-7-12(17)4-5-15(13)20-8-10-2-3-11(16)6-14(10)18/h2-7,9H,8,19H2,1H3/t9-/m0/s1. The van der Waals surface area contributed by atoms with Gasteiger partial charge in [-0.3, -0.25) is 0 Å². The highest BCUT2D eigenvalue weighted by molar-refractivity contribution is 9.10. The van der Waals surface area contributed by atoms with Crippen molar-refractivity contribution in [2.75, 3.05) is 0 Å². The minimum absolute atomic E-state index is 0.149. The molecule has 0 spiro atoms. The monoisotopic (exact) mass is 373 g/mol. The third-order valence-corrected chi connectivity index (χ3v) is 3.94. The Morgan fingerprint density at radius 2 is 1.95 bits per heavy atom. The Labute approximate surface area is 137 Å². The molecule has 1 atom stereocenters. The van der Waals surface area contributed by atoms with Crippen molar-refractivity contribution >= 4 is 39.1 Å². The molecule has 0 fully saturated rings. The molecule has 0 aromatic heterocycles. The Hall–Kier alpha value is -0.740. The van der Waals surface area contributed by atoms with Crippen LogP contribution in [0, 0.1) is 0 Å². The summed E-state index contributed by atoms with van der Waals surface area (Å²) in [5, 5.41) is 1.31. The molecule has 0 radical (unpaired) electrons. The van der Waals surface area contributed by atoms with Crippen molar-refractivity contribution < 1.29 is 4.74 Å². The molecule has 0 saturated heterocycles. The average Bonchev–Trinajstić information content (AvgIpc) is 2.38. The van der Waals surface area contributed by atoms with Crippen molar-refractivity contribution in [2.45, 2.75) is 19.6 Å². The molecule has 5 heteroatoms. The first-order valence-corrected chi connectivity index (χ1v) is 7.64. The Kier molecular flexibility index (Phi) is 5.33. The lowest BCUT2D eigenvalue weighted by Crippen LogP contribution is -2.08. The van der Waals surface area contributed by atoms with Gasteiger partial charge in [0.1, 0.15) is 12.4 Å². The van der Waals surface area contributed by atoms with E-state index in [1.165, 1.54) is 0 Å². The number of ether oxygens (including phenoxy) is 1. The van der Waals surface area contributed by atoms with E-state index in [-0.39, 0.29) is 6.04 Å². The first-order valence-electron chi connectivity index (χ1n) is 6.09. The number of hydrogen-bond acceptors (Lipinski definition) is 2. The summed E-state index contributed by atoms with van der Waals surface area (Å²) in [5.74, 6) is 0.725. The van der Waals surface area contributed by atoms with Gasteiger partial charge in [-0.25, -0.2) is 0 Å². The minimum atomic E-state index is -0.149. The molecule has 2 N–H and O–H groups in total. The van der Waals surface area contributed by atoms with E-state index in [0.717, 1.165) is 21.3 Å². The summed E-state index contributed by atoms with van der Waals surface area (Å²) in [6, 6.07) is 11.0. The first-order chi connectivity index (χ1) is 9.47. The predicted octanol–water partition coefficient (Wildman–Crippen LogP) is 5.35. The van der Waals surface area contributed by atoms with Gasteiger partial charge in [0.15, 0.2) is 0 Å². The van der Waals surface area contributed by atoms with Gasteiger partial charge < -0.3 is 10.5 Å². The normalized spacial score (nSPS) is 12.2. The van der Waals surface area contributed by atoms with Crippen LogP contribution in [0.3, 0.4) is 0 Å². The van der Waals surface area contributed by atoms with Gasteiger partial charge in [-0.05, 0) is 37.3 Å². The fourth-order valence-electron chi connectivity index (χ4n) is 1.80. The maximum atomic E-state index is 6.17. The number of rotatable bonds is 4. The maximum absolute atomic E-state index is 6.17. The molecule has 0 aliphatic rings. The third kappa shape index (κ3) is 3.89. The second-order valence-corrected chi connectivity index (χ2v) is 6.25. The van der Waals surface area contributed by atoms with E-state index in [0.29, 0.717) is 16.7 Å². The van der Waals surface area contributed by atoms with Crippen LogP contribution in [0.2, 0.25) is 10.0 Å². The van der Waals surface area contributed by atoms with Crippen LogP contribution < -0.4 is 10.5 Å². The highest BCUT2D eigenvalue weighted by Crippen LogP contribution is 2.29. The van der Waals surface area contributed by atoms with E-state index < -0.39 is 0 Å². The largest absolute Gasteiger partial charge is 0.489 e. The van der Waals surface area contributed by atoms with E-state index >= 15 is 0 Å². The van der Waals surface area contributed by atoms with Crippen molar-refractivity contribution in [3.8, 4) is 5.75 Å². The molecule has 0 unspecified atom stereocenters. The van der Waals surface area contributed by atoms with Crippen molar-refractivity contribution in [1.82, 2.24) is 0 Å². The molecule has 0 amide bonds. The second kappa shape index (κ2) is 6.81. The summed E-state index contributed by atoms with van der Waals surface area (Å²) in [7, 11) is 0. The van der Waals surface area contributed by atoms with Gasteiger partial charge in [-0.15, -0.1) is 0 Å². The lowest BCUT2D eigenvalue weighted by Gasteiger charge is -2.15. The second-order valence-electron chi connectivity index (χ2n) is 4.50. The fourth-order valence-corrected chi connectivity index (χ4v) is 2.71. The average molecular weight is 375 g/mol. The lowest BCUT2D eigenvalue weighted by atomic mass is 10.1. The maximum Gasteiger partial charge on any atom is 0.124 e. The van der Waals surface area contributed by atoms with Crippen LogP contribution in [-0.4, -0.2) is 0 Å². The van der Waals surface area contributed by atoms with Gasteiger partial charge in [0.05, 0.1) is 0 Å². The van der Waals surface area contributed by atoms with Crippen molar-refractivity contribution in [2.24, 2.45) is 5.73 Å². The van der Waals surface area contributed by atoms with Crippen LogP contribution in [0.5, 0.6) is 5.75 Å². The quantitative estimate of drug-likeness (QED) is 0.782. The van der Waals surface area contributed by atoms with Gasteiger partial charge >= 0.3 is 0 Å². The van der Waals surface area contributed by atoms with Gasteiger partial charge in [-0.2, -0.15) is 0 Å². The Morgan fingerprint density at radius 3 is 2.60 bits per heavy atom. The zero-order valence-electron chi connectivity index (χ0n) is 10.9. The van der Waals surface area contributed by atoms with Crippen LogP contribution >= 0.6 is 39.1 Å². The number of nitrogens with two attached hydrogens (primary N) is 1. The molecular weight excluding hydrogens is 361 g/mol. The molecule has 2 aromatic carbocycles. The van der Waals surface area contributed by atoms with Crippen molar-refractivity contribution in [3.05, 3.63) is 62.0 Å². The lowest BCUT2D eigenvalue weighted by molar-refractivity contribution is 0.301. The zero-order chi connectivity index (χ0) is 14.7. The SMILES string of the molecule is C[C@H](N)c1cc(Cl)ccc1OCc1ccc(Br)cc1Cl. The molecular formula is C15H14BrCl2NO. The molecule has 0 aliphatic carbocycles. The Balaban J connectivity index is 2.18. The van der Waals surface area contributed by atoms with E-state index in [1.807, 2.05) is 37.3 Å². The molecule has 2 aromatic rings. The summed E-state index contributed by atoms with van der Waals surface area (Å²) in [6.45, 7) is 2.28. The van der Waals surface area contributed by atoms with Gasteiger partial charge in [0.25, 0.3) is 0 Å². The molecule has 0 heterocycles. The van der Waals surface area contributed by atoms with Crippen LogP contribution in [-0.2, 0) is 6.61 Å². The molecule has 20 heavy (non-hydrogen) atoms. The highest BCUT2D eigenvalue weighted by atomic mass is 79.9. The summed E-state index contributed by atoms with van der Waals surface area (Å²) >= 11 is 15.5. The third-order valence-electron chi connectivity index (χ3n) is 2.86. The summed E-state index contributed by atoms with van der Waals surface area (Å²) in [5.41, 5.74) is 7.73. The number of hydrogen-bond donors (Lipinski definition) is 1. The molecule has 0 bridgehead atoms. The van der Waals surface area contributed by atoms with E-state index in [9.17, 15) is 0 Å². The van der Waals surface area contributed by atoms with Gasteiger partial charge in [0.2, 0.25) is 0 Å². The highest BCUT2D eigenvalue weighted by Gasteiger charge is 2.10. The van der Waals surface area contributed by atoms with Crippen LogP contribution in [0.15, 0.2) is 40.9 Å². The molecule has 0 saturated carbocycles. The van der Waals surface area contributed by atoms with Crippen molar-refractivity contribution in [3.63, 3.8) is 0 Å². The topological polar surface area (TPSA) is 35.2 Å². The number of benzene rings is 2. The Morgan fingerprint density at radius 1 is 1.20 bits per heavy atom. The van der Waals surface area contributed by atoms with Crippen LogP contribution in [0.1, 0.15) is 24.1 Å². The smallest absolute Gasteiger partial charge is 0.124 e. The van der Waals surface area contributed by atoms with Crippen LogP contribution in [0.4, 0.5) is 0 Å². The van der Waals surface area contributed by atoms with Gasteiger partial charge in [-0.1, -0.05) is 45.2 Å². The summed E-state index contributed by atoms with van der Waals surface area (Å²) in [4.78, 5) is 0. The fraction of sp³-hybridized carbons (Fsp3) is 0.200. The summed E-state index contributed by atoms with van der Waals surface area (Å²) in [6.07, 6.45) is 0. The molecule has 2 nitrogen and oxygen atoms in total. The predicted molar refractivity (Wildman–Crippen MR) is 87.5 cm³/mol. The molecule has 2 rings (SSSR count). The van der Waals surface area contributed by atoms with Crippen LogP contribution in [0.25, 0.3) is 0 Å². The van der Waals surface area contributed by atoms with E-state index in [1.54, 1.807) is 6.07 Å². The van der Waals surface area contributed by atoms with E-state index in [2.05, 4.69) is 15.9 Å². The molecule has 0 aliphatic heterocycles. The Bertz CT molecular complexity index is 617. The first kappa shape index (κ1) is 15.6. The summed E-state index contributed by atoms with van der Waals surface area (Å²) < 4.78 is 6.76.